The molecule has 3 rings (SSSR count). The van der Waals surface area contributed by atoms with Crippen molar-refractivity contribution in [2.45, 2.75) is 27.7 Å². The van der Waals surface area contributed by atoms with Gasteiger partial charge >= 0.3 is 0 Å². The van der Waals surface area contributed by atoms with Crippen molar-refractivity contribution in [3.63, 3.8) is 0 Å². The summed E-state index contributed by atoms with van der Waals surface area (Å²) in [6, 6.07) is 18.4. The smallest absolute Gasteiger partial charge is 0.266 e. The minimum atomic E-state index is -0.528. The third-order valence-electron chi connectivity index (χ3n) is 5.73. The summed E-state index contributed by atoms with van der Waals surface area (Å²) in [5, 5.41) is 15.3. The Labute approximate surface area is 213 Å². The van der Waals surface area contributed by atoms with Gasteiger partial charge < -0.3 is 15.4 Å². The van der Waals surface area contributed by atoms with E-state index in [-0.39, 0.29) is 18.1 Å². The Morgan fingerprint density at radius 3 is 2.14 bits per heavy atom. The number of nitriles is 1. The maximum atomic E-state index is 12.8. The maximum absolute atomic E-state index is 12.8. The molecule has 3 aromatic rings. The van der Waals surface area contributed by atoms with Crippen molar-refractivity contribution in [3.05, 3.63) is 92.5 Å². The van der Waals surface area contributed by atoms with Gasteiger partial charge in [0.15, 0.2) is 6.61 Å². The van der Waals surface area contributed by atoms with Crippen molar-refractivity contribution in [2.24, 2.45) is 0 Å². The van der Waals surface area contributed by atoms with E-state index in [4.69, 9.17) is 4.74 Å². The number of rotatable bonds is 7. The molecule has 3 aromatic carbocycles. The minimum Gasteiger partial charge on any atom is -0.483 e. The lowest BCUT2D eigenvalue weighted by Gasteiger charge is -2.13. The number of nitrogens with zero attached hydrogens (tertiary/aromatic N) is 1. The lowest BCUT2D eigenvalue weighted by Crippen LogP contribution is -2.21. The molecule has 0 atom stereocenters. The van der Waals surface area contributed by atoms with Crippen LogP contribution in [0.1, 0.15) is 27.8 Å². The van der Waals surface area contributed by atoms with Gasteiger partial charge in [-0.3, -0.25) is 9.59 Å². The third kappa shape index (κ3) is 6.58. The molecule has 0 spiro atoms. The summed E-state index contributed by atoms with van der Waals surface area (Å²) in [5.74, 6) is -0.471. The molecule has 0 fully saturated rings. The van der Waals surface area contributed by atoms with Crippen molar-refractivity contribution < 1.29 is 14.3 Å². The van der Waals surface area contributed by atoms with E-state index in [2.05, 4.69) is 26.6 Å². The van der Waals surface area contributed by atoms with Gasteiger partial charge in [0, 0.05) is 21.4 Å². The number of aryl methyl sites for hydroxylation is 2. The Balaban J connectivity index is 1.78. The van der Waals surface area contributed by atoms with Gasteiger partial charge in [0.25, 0.3) is 11.8 Å². The van der Waals surface area contributed by atoms with Gasteiger partial charge in [-0.1, -0.05) is 40.2 Å². The molecule has 6 nitrogen and oxygen atoms in total. The second kappa shape index (κ2) is 11.5. The number of benzene rings is 3. The molecule has 0 unspecified atom stereocenters. The summed E-state index contributed by atoms with van der Waals surface area (Å²) in [6.45, 7) is 7.55. The molecular formula is C28H26BrN3O3. The predicted octanol–water partition coefficient (Wildman–Crippen LogP) is 6.25. The standard InChI is InChI=1S/C28H26BrN3O3/c1-17-7-5-9-24(19(17)3)31-27(33)16-35-26-12-11-23(29)14-21(26)13-22(15-30)28(34)32-25-10-6-8-18(2)20(25)4/h5-14H,16H2,1-4H3,(H,31,33)(H,32,34)/b22-13-. The Morgan fingerprint density at radius 1 is 0.943 bits per heavy atom. The van der Waals surface area contributed by atoms with Crippen LogP contribution in [0.5, 0.6) is 5.75 Å². The molecule has 0 heterocycles. The molecule has 0 saturated heterocycles. The zero-order valence-corrected chi connectivity index (χ0v) is 21.6. The summed E-state index contributed by atoms with van der Waals surface area (Å²) in [6.07, 6.45) is 1.45. The molecule has 7 heteroatoms. The maximum Gasteiger partial charge on any atom is 0.266 e. The van der Waals surface area contributed by atoms with Crippen LogP contribution < -0.4 is 15.4 Å². The molecule has 178 valence electrons. The van der Waals surface area contributed by atoms with Gasteiger partial charge in [0.1, 0.15) is 17.4 Å². The van der Waals surface area contributed by atoms with Gasteiger partial charge in [-0.25, -0.2) is 0 Å². The monoisotopic (exact) mass is 531 g/mol. The van der Waals surface area contributed by atoms with E-state index in [0.717, 1.165) is 32.4 Å². The number of carbonyl (C=O) groups is 2. The van der Waals surface area contributed by atoms with E-state index in [9.17, 15) is 14.9 Å². The molecule has 2 amide bonds. The number of halogens is 1. The first-order valence-corrected chi connectivity index (χ1v) is 11.8. The molecule has 0 radical (unpaired) electrons. The van der Waals surface area contributed by atoms with Crippen LogP contribution in [-0.2, 0) is 9.59 Å². The van der Waals surface area contributed by atoms with Gasteiger partial charge in [0.2, 0.25) is 0 Å². The van der Waals surface area contributed by atoms with E-state index < -0.39 is 5.91 Å². The summed E-state index contributed by atoms with van der Waals surface area (Å²) in [4.78, 5) is 25.3. The zero-order chi connectivity index (χ0) is 25.5. The number of hydrogen-bond donors (Lipinski definition) is 2. The first kappa shape index (κ1) is 25.7. The number of hydrogen-bond acceptors (Lipinski definition) is 4. The van der Waals surface area contributed by atoms with Crippen LogP contribution in [0, 0.1) is 39.0 Å². The van der Waals surface area contributed by atoms with Crippen LogP contribution in [0.4, 0.5) is 11.4 Å². The number of ether oxygens (including phenoxy) is 1. The van der Waals surface area contributed by atoms with E-state index in [1.807, 2.05) is 64.1 Å². The third-order valence-corrected chi connectivity index (χ3v) is 6.22. The molecule has 0 aliphatic heterocycles. The quantitative estimate of drug-likeness (QED) is 0.278. The van der Waals surface area contributed by atoms with Crippen LogP contribution in [0.2, 0.25) is 0 Å². The molecule has 0 aromatic heterocycles. The Hall–Kier alpha value is -3.89. The number of amides is 2. The summed E-state index contributed by atoms with van der Waals surface area (Å²) in [7, 11) is 0. The first-order valence-electron chi connectivity index (χ1n) is 11.0. The molecule has 0 aliphatic carbocycles. The van der Waals surface area contributed by atoms with Gasteiger partial charge in [0.05, 0.1) is 0 Å². The van der Waals surface area contributed by atoms with E-state index in [1.54, 1.807) is 24.3 Å². The Kier molecular flexibility index (Phi) is 8.45. The van der Waals surface area contributed by atoms with E-state index >= 15 is 0 Å². The fraction of sp³-hybridized carbons (Fsp3) is 0.179. The summed E-state index contributed by atoms with van der Waals surface area (Å²) in [5.41, 5.74) is 5.80. The highest BCUT2D eigenvalue weighted by molar-refractivity contribution is 9.10. The van der Waals surface area contributed by atoms with Gasteiger partial charge in [-0.05, 0) is 86.4 Å². The van der Waals surface area contributed by atoms with Crippen LogP contribution >= 0.6 is 15.9 Å². The minimum absolute atomic E-state index is 0.0892. The highest BCUT2D eigenvalue weighted by atomic mass is 79.9. The van der Waals surface area contributed by atoms with Crippen molar-refractivity contribution in [2.75, 3.05) is 17.2 Å². The fourth-order valence-electron chi connectivity index (χ4n) is 3.36. The Morgan fingerprint density at radius 2 is 1.54 bits per heavy atom. The molecule has 0 aliphatic rings. The summed E-state index contributed by atoms with van der Waals surface area (Å²) >= 11 is 3.41. The predicted molar refractivity (Wildman–Crippen MR) is 142 cm³/mol. The average Bonchev–Trinajstić information content (AvgIpc) is 2.82. The Bertz CT molecular complexity index is 1360. The van der Waals surface area contributed by atoms with Gasteiger partial charge in [-0.15, -0.1) is 0 Å². The molecule has 35 heavy (non-hydrogen) atoms. The number of nitrogens with one attached hydrogen (secondary N) is 2. The second-order valence-electron chi connectivity index (χ2n) is 8.14. The highest BCUT2D eigenvalue weighted by Crippen LogP contribution is 2.27. The highest BCUT2D eigenvalue weighted by Gasteiger charge is 2.14. The summed E-state index contributed by atoms with van der Waals surface area (Å²) < 4.78 is 6.49. The van der Waals surface area contributed by atoms with Crippen molar-refractivity contribution in [3.8, 4) is 11.8 Å². The van der Waals surface area contributed by atoms with Crippen LogP contribution in [-0.4, -0.2) is 18.4 Å². The molecule has 2 N–H and O–H groups in total. The normalized spacial score (nSPS) is 10.9. The van der Waals surface area contributed by atoms with Crippen LogP contribution in [0.15, 0.2) is 64.6 Å². The molecule has 0 saturated carbocycles. The SMILES string of the molecule is Cc1cccc(NC(=O)COc2ccc(Br)cc2/C=C(/C#N)C(=O)Nc2cccc(C)c2C)c1C. The largest absolute Gasteiger partial charge is 0.483 e. The molecular weight excluding hydrogens is 506 g/mol. The topological polar surface area (TPSA) is 91.2 Å². The van der Waals surface area contributed by atoms with Crippen LogP contribution in [0.25, 0.3) is 6.08 Å². The lowest BCUT2D eigenvalue weighted by atomic mass is 10.1. The second-order valence-corrected chi connectivity index (χ2v) is 9.05. The molecule has 0 bridgehead atoms. The van der Waals surface area contributed by atoms with Crippen molar-refractivity contribution in [1.29, 1.82) is 5.26 Å². The van der Waals surface area contributed by atoms with Crippen LogP contribution in [0.3, 0.4) is 0 Å². The zero-order valence-electron chi connectivity index (χ0n) is 20.0. The fourth-order valence-corrected chi connectivity index (χ4v) is 3.74. The average molecular weight is 532 g/mol. The first-order chi connectivity index (χ1) is 16.7. The van der Waals surface area contributed by atoms with E-state index in [1.165, 1.54) is 6.08 Å². The number of carbonyl (C=O) groups excluding carboxylic acids is 2. The lowest BCUT2D eigenvalue weighted by molar-refractivity contribution is -0.118. The van der Waals surface area contributed by atoms with Crippen molar-refractivity contribution in [1.82, 2.24) is 0 Å². The van der Waals surface area contributed by atoms with Crippen molar-refractivity contribution >= 4 is 45.2 Å². The number of anilines is 2. The van der Waals surface area contributed by atoms with E-state index in [0.29, 0.717) is 17.0 Å². The van der Waals surface area contributed by atoms with Gasteiger partial charge in [-0.2, -0.15) is 5.26 Å².